The molecular formula is C22H24N4O3. The summed E-state index contributed by atoms with van der Waals surface area (Å²) >= 11 is 0. The van der Waals surface area contributed by atoms with Crippen LogP contribution in [0.25, 0.3) is 17.1 Å². The summed E-state index contributed by atoms with van der Waals surface area (Å²) in [6.07, 6.45) is 9.16. The molecule has 1 aromatic carbocycles. The molecule has 2 heterocycles. The monoisotopic (exact) mass is 392 g/mol. The van der Waals surface area contributed by atoms with Crippen LogP contribution >= 0.6 is 0 Å². The second-order valence-corrected chi connectivity index (χ2v) is 6.76. The van der Waals surface area contributed by atoms with Crippen LogP contribution in [0, 0.1) is 13.8 Å². The minimum absolute atomic E-state index is 0.199. The van der Waals surface area contributed by atoms with Crippen molar-refractivity contribution >= 4 is 23.0 Å². The third-order valence-corrected chi connectivity index (χ3v) is 4.56. The molecule has 1 amide bonds. The van der Waals surface area contributed by atoms with E-state index in [1.807, 2.05) is 38.1 Å². The average molecular weight is 392 g/mol. The Labute approximate surface area is 169 Å². The normalized spacial score (nSPS) is 11.1. The Bertz CT molecular complexity index is 1070. The van der Waals surface area contributed by atoms with Gasteiger partial charge in [-0.1, -0.05) is 0 Å². The van der Waals surface area contributed by atoms with Crippen LogP contribution in [0.2, 0.25) is 0 Å². The number of amides is 1. The van der Waals surface area contributed by atoms with Gasteiger partial charge in [-0.15, -0.1) is 0 Å². The topological polar surface area (TPSA) is 86.1 Å². The first kappa shape index (κ1) is 20.3. The van der Waals surface area contributed by atoms with E-state index >= 15 is 0 Å². The largest absolute Gasteiger partial charge is 0.492 e. The number of aromatic nitrogens is 3. The number of nitrogens with zero attached hydrogens (tertiary/aromatic N) is 3. The zero-order valence-electron chi connectivity index (χ0n) is 16.6. The van der Waals surface area contributed by atoms with Gasteiger partial charge in [-0.3, -0.25) is 19.1 Å². The van der Waals surface area contributed by atoms with Crippen molar-refractivity contribution in [3.63, 3.8) is 0 Å². The minimum atomic E-state index is -0.259. The van der Waals surface area contributed by atoms with Gasteiger partial charge in [0.15, 0.2) is 0 Å². The molecule has 2 aromatic heterocycles. The van der Waals surface area contributed by atoms with Crippen LogP contribution in [0.4, 0.5) is 0 Å². The number of ether oxygens (including phenoxy) is 1. The van der Waals surface area contributed by atoms with E-state index in [-0.39, 0.29) is 11.5 Å². The molecule has 1 N–H and O–H groups in total. The standard InChI is InChI=1S/C22H24N4O3/c1-16-12-19-20(13-17(16)2)25-15-26(22(19)28)10-7-21(27)24-9-3-4-11-29-18-6-5-8-23-14-18/h5-8,10,12-15H,3-4,9,11H2,1-2H3,(H,24,27)/b10-7+. The SMILES string of the molecule is Cc1cc2ncn(/C=C/C(=O)NCCCCOc3cccnc3)c(=O)c2cc1C. The van der Waals surface area contributed by atoms with E-state index in [0.29, 0.717) is 24.1 Å². The van der Waals surface area contributed by atoms with Crippen LogP contribution in [0.15, 0.2) is 53.9 Å². The molecule has 0 saturated heterocycles. The fourth-order valence-electron chi connectivity index (χ4n) is 2.77. The molecule has 0 unspecified atom stereocenters. The summed E-state index contributed by atoms with van der Waals surface area (Å²) in [7, 11) is 0. The van der Waals surface area contributed by atoms with Crippen LogP contribution in [0.1, 0.15) is 24.0 Å². The van der Waals surface area contributed by atoms with Gasteiger partial charge < -0.3 is 10.1 Å². The van der Waals surface area contributed by atoms with E-state index in [1.54, 1.807) is 12.4 Å². The van der Waals surface area contributed by atoms with Gasteiger partial charge in [-0.05, 0) is 62.1 Å². The molecule has 150 valence electrons. The third kappa shape index (κ3) is 5.51. The Hall–Kier alpha value is -3.48. The van der Waals surface area contributed by atoms with Crippen LogP contribution in [0.3, 0.4) is 0 Å². The highest BCUT2D eigenvalue weighted by Crippen LogP contribution is 2.14. The lowest BCUT2D eigenvalue weighted by Crippen LogP contribution is -2.23. The number of aryl methyl sites for hydroxylation is 2. The number of carbonyl (C=O) groups is 1. The van der Waals surface area contributed by atoms with Crippen molar-refractivity contribution in [2.24, 2.45) is 0 Å². The lowest BCUT2D eigenvalue weighted by Gasteiger charge is -2.06. The summed E-state index contributed by atoms with van der Waals surface area (Å²) < 4.78 is 6.87. The quantitative estimate of drug-likeness (QED) is 0.471. The first-order valence-electron chi connectivity index (χ1n) is 9.51. The predicted octanol–water partition coefficient (Wildman–Crippen LogP) is 2.85. The number of unbranched alkanes of at least 4 members (excludes halogenated alkanes) is 1. The smallest absolute Gasteiger partial charge is 0.265 e. The molecule has 0 radical (unpaired) electrons. The highest BCUT2D eigenvalue weighted by atomic mass is 16.5. The Morgan fingerprint density at radius 2 is 2.07 bits per heavy atom. The molecule has 0 saturated carbocycles. The van der Waals surface area contributed by atoms with E-state index < -0.39 is 0 Å². The van der Waals surface area contributed by atoms with Gasteiger partial charge in [-0.2, -0.15) is 0 Å². The number of carbonyl (C=O) groups excluding carboxylic acids is 1. The summed E-state index contributed by atoms with van der Waals surface area (Å²) in [5, 5.41) is 3.33. The van der Waals surface area contributed by atoms with E-state index in [1.165, 1.54) is 23.2 Å². The van der Waals surface area contributed by atoms with Crippen molar-refractivity contribution in [2.75, 3.05) is 13.2 Å². The van der Waals surface area contributed by atoms with Gasteiger partial charge in [0.05, 0.1) is 23.7 Å². The number of rotatable bonds is 8. The van der Waals surface area contributed by atoms with E-state index in [0.717, 1.165) is 29.7 Å². The van der Waals surface area contributed by atoms with Crippen molar-refractivity contribution in [1.82, 2.24) is 19.9 Å². The Morgan fingerprint density at radius 1 is 1.24 bits per heavy atom. The maximum atomic E-state index is 12.6. The number of fused-ring (bicyclic) bond motifs is 1. The number of pyridine rings is 1. The Kier molecular flexibility index (Phi) is 6.73. The van der Waals surface area contributed by atoms with Crippen molar-refractivity contribution in [1.29, 1.82) is 0 Å². The second kappa shape index (κ2) is 9.64. The van der Waals surface area contributed by atoms with Crippen LogP contribution < -0.4 is 15.6 Å². The summed E-state index contributed by atoms with van der Waals surface area (Å²) in [5.41, 5.74) is 2.57. The van der Waals surface area contributed by atoms with E-state index in [2.05, 4.69) is 15.3 Å². The Balaban J connectivity index is 1.47. The Morgan fingerprint density at radius 3 is 2.86 bits per heavy atom. The predicted molar refractivity (Wildman–Crippen MR) is 113 cm³/mol. The molecule has 0 aliphatic carbocycles. The molecule has 7 nitrogen and oxygen atoms in total. The van der Waals surface area contributed by atoms with Crippen LogP contribution in [-0.4, -0.2) is 33.6 Å². The van der Waals surface area contributed by atoms with Crippen molar-refractivity contribution in [3.8, 4) is 5.75 Å². The molecule has 0 fully saturated rings. The summed E-state index contributed by atoms with van der Waals surface area (Å²) in [4.78, 5) is 32.8. The second-order valence-electron chi connectivity index (χ2n) is 6.76. The molecule has 0 atom stereocenters. The fraction of sp³-hybridized carbons (Fsp3) is 0.273. The summed E-state index contributed by atoms with van der Waals surface area (Å²) in [5.74, 6) is 0.476. The van der Waals surface area contributed by atoms with Gasteiger partial charge in [0, 0.05) is 25.0 Å². The number of benzene rings is 1. The molecule has 3 aromatic rings. The van der Waals surface area contributed by atoms with Gasteiger partial charge in [-0.25, -0.2) is 4.98 Å². The fourth-order valence-corrected chi connectivity index (χ4v) is 2.77. The van der Waals surface area contributed by atoms with Crippen molar-refractivity contribution in [2.45, 2.75) is 26.7 Å². The van der Waals surface area contributed by atoms with Crippen LogP contribution in [-0.2, 0) is 4.79 Å². The van der Waals surface area contributed by atoms with Crippen molar-refractivity contribution < 1.29 is 9.53 Å². The number of hydrogen-bond acceptors (Lipinski definition) is 5. The highest BCUT2D eigenvalue weighted by Gasteiger charge is 2.05. The average Bonchev–Trinajstić information content (AvgIpc) is 2.72. The maximum absolute atomic E-state index is 12.6. The summed E-state index contributed by atoms with van der Waals surface area (Å²) in [6.45, 7) is 5.03. The molecule has 0 bridgehead atoms. The molecule has 0 aliphatic rings. The first-order valence-corrected chi connectivity index (χ1v) is 9.51. The molecule has 0 aliphatic heterocycles. The lowest BCUT2D eigenvalue weighted by molar-refractivity contribution is -0.116. The molecule has 7 heteroatoms. The zero-order chi connectivity index (χ0) is 20.6. The molecule has 0 spiro atoms. The first-order chi connectivity index (χ1) is 14.0. The minimum Gasteiger partial charge on any atom is -0.492 e. The van der Waals surface area contributed by atoms with Gasteiger partial charge in [0.2, 0.25) is 5.91 Å². The molecular weight excluding hydrogens is 368 g/mol. The van der Waals surface area contributed by atoms with Gasteiger partial charge >= 0.3 is 0 Å². The van der Waals surface area contributed by atoms with Gasteiger partial charge in [0.25, 0.3) is 5.56 Å². The maximum Gasteiger partial charge on any atom is 0.265 e. The van der Waals surface area contributed by atoms with Gasteiger partial charge in [0.1, 0.15) is 12.1 Å². The summed E-state index contributed by atoms with van der Waals surface area (Å²) in [6, 6.07) is 7.40. The molecule has 29 heavy (non-hydrogen) atoms. The number of hydrogen-bond donors (Lipinski definition) is 1. The molecule has 3 rings (SSSR count). The van der Waals surface area contributed by atoms with Crippen molar-refractivity contribution in [3.05, 3.63) is 70.5 Å². The zero-order valence-corrected chi connectivity index (χ0v) is 16.6. The van der Waals surface area contributed by atoms with E-state index in [4.69, 9.17) is 4.74 Å². The van der Waals surface area contributed by atoms with E-state index in [9.17, 15) is 9.59 Å². The van der Waals surface area contributed by atoms with Crippen LogP contribution in [0.5, 0.6) is 5.75 Å². The number of nitrogens with one attached hydrogen (secondary N) is 1. The highest BCUT2D eigenvalue weighted by molar-refractivity contribution is 5.90. The third-order valence-electron chi connectivity index (χ3n) is 4.56. The lowest BCUT2D eigenvalue weighted by atomic mass is 10.1.